The number of rotatable bonds is 5. The van der Waals surface area contributed by atoms with Crippen LogP contribution in [0.25, 0.3) is 0 Å². The lowest BCUT2D eigenvalue weighted by atomic mass is 10.1. The first-order valence-corrected chi connectivity index (χ1v) is 7.88. The highest BCUT2D eigenvalue weighted by molar-refractivity contribution is 6.05. The van der Waals surface area contributed by atoms with Crippen LogP contribution in [0, 0.1) is 0 Å². The number of amides is 2. The molecule has 0 heterocycles. The van der Waals surface area contributed by atoms with Gasteiger partial charge in [0.15, 0.2) is 0 Å². The highest BCUT2D eigenvalue weighted by atomic mass is 19.4. The van der Waals surface area contributed by atoms with E-state index in [0.29, 0.717) is 11.3 Å². The number of ether oxygens (including phenoxy) is 1. The van der Waals surface area contributed by atoms with Gasteiger partial charge in [0.2, 0.25) is 0 Å². The van der Waals surface area contributed by atoms with Crippen LogP contribution in [-0.2, 0) is 0 Å². The molecule has 3 rings (SSSR count). The zero-order chi connectivity index (χ0) is 18.7. The minimum Gasteiger partial charge on any atom is -0.406 e. The van der Waals surface area contributed by atoms with Crippen molar-refractivity contribution in [2.45, 2.75) is 25.2 Å². The van der Waals surface area contributed by atoms with Gasteiger partial charge in [-0.2, -0.15) is 0 Å². The largest absolute Gasteiger partial charge is 0.573 e. The van der Waals surface area contributed by atoms with Gasteiger partial charge in [-0.3, -0.25) is 9.59 Å². The fourth-order valence-corrected chi connectivity index (χ4v) is 2.25. The standard InChI is InChI=1S/C18H15F3N2O3/c19-18(20,21)26-15-8-4-11(5-9-15)16(24)23-14-3-1-2-12(10-14)17(25)22-13-6-7-13/h1-5,8-10,13H,6-7H2,(H,22,25)(H,23,24). The van der Waals surface area contributed by atoms with Gasteiger partial charge in [0.25, 0.3) is 11.8 Å². The van der Waals surface area contributed by atoms with Crippen molar-refractivity contribution in [3.05, 3.63) is 59.7 Å². The first kappa shape index (κ1) is 17.8. The Labute approximate surface area is 147 Å². The average molecular weight is 364 g/mol. The summed E-state index contributed by atoms with van der Waals surface area (Å²) in [6, 6.07) is 11.2. The molecule has 1 saturated carbocycles. The SMILES string of the molecule is O=C(Nc1cccc(C(=O)NC2CC2)c1)c1ccc(OC(F)(F)F)cc1. The Morgan fingerprint density at radius 2 is 1.65 bits per heavy atom. The summed E-state index contributed by atoms with van der Waals surface area (Å²) in [4.78, 5) is 24.2. The van der Waals surface area contributed by atoms with Crippen molar-refractivity contribution in [2.75, 3.05) is 5.32 Å². The van der Waals surface area contributed by atoms with Crippen LogP contribution in [0.2, 0.25) is 0 Å². The lowest BCUT2D eigenvalue weighted by Gasteiger charge is -2.10. The van der Waals surface area contributed by atoms with Crippen LogP contribution in [0.1, 0.15) is 33.6 Å². The molecule has 2 aromatic carbocycles. The number of nitrogens with one attached hydrogen (secondary N) is 2. The summed E-state index contributed by atoms with van der Waals surface area (Å²) >= 11 is 0. The molecule has 8 heteroatoms. The maximum atomic E-state index is 12.2. The van der Waals surface area contributed by atoms with E-state index in [0.717, 1.165) is 25.0 Å². The molecule has 2 amide bonds. The van der Waals surface area contributed by atoms with Gasteiger partial charge in [0, 0.05) is 22.9 Å². The molecular formula is C18H15F3N2O3. The lowest BCUT2D eigenvalue weighted by Crippen LogP contribution is -2.25. The third-order valence-corrected chi connectivity index (χ3v) is 3.65. The number of carbonyl (C=O) groups is 2. The van der Waals surface area contributed by atoms with E-state index in [1.54, 1.807) is 18.2 Å². The second-order valence-electron chi connectivity index (χ2n) is 5.85. The molecular weight excluding hydrogens is 349 g/mol. The molecule has 2 N–H and O–H groups in total. The second kappa shape index (κ2) is 7.07. The Morgan fingerprint density at radius 3 is 2.27 bits per heavy atom. The van der Waals surface area contributed by atoms with E-state index in [1.807, 2.05) is 0 Å². The van der Waals surface area contributed by atoms with Crippen molar-refractivity contribution in [3.8, 4) is 5.75 Å². The lowest BCUT2D eigenvalue weighted by molar-refractivity contribution is -0.274. The molecule has 0 aromatic heterocycles. The Morgan fingerprint density at radius 1 is 0.962 bits per heavy atom. The fraction of sp³-hybridized carbons (Fsp3) is 0.222. The fourth-order valence-electron chi connectivity index (χ4n) is 2.25. The van der Waals surface area contributed by atoms with E-state index in [-0.39, 0.29) is 17.5 Å². The Kier molecular flexibility index (Phi) is 4.83. The predicted molar refractivity (Wildman–Crippen MR) is 88.0 cm³/mol. The number of alkyl halides is 3. The molecule has 0 unspecified atom stereocenters. The van der Waals surface area contributed by atoms with Crippen LogP contribution in [0.3, 0.4) is 0 Å². The van der Waals surface area contributed by atoms with Crippen LogP contribution in [0.15, 0.2) is 48.5 Å². The molecule has 0 bridgehead atoms. The van der Waals surface area contributed by atoms with Crippen molar-refractivity contribution in [1.82, 2.24) is 5.32 Å². The molecule has 1 aliphatic rings. The van der Waals surface area contributed by atoms with E-state index in [1.165, 1.54) is 18.2 Å². The summed E-state index contributed by atoms with van der Waals surface area (Å²) in [7, 11) is 0. The molecule has 0 spiro atoms. The van der Waals surface area contributed by atoms with Gasteiger partial charge in [-0.1, -0.05) is 6.07 Å². The minimum atomic E-state index is -4.79. The minimum absolute atomic E-state index is 0.160. The topological polar surface area (TPSA) is 67.4 Å². The summed E-state index contributed by atoms with van der Waals surface area (Å²) < 4.78 is 40.2. The number of halogens is 3. The van der Waals surface area contributed by atoms with E-state index < -0.39 is 18.0 Å². The van der Waals surface area contributed by atoms with Crippen molar-refractivity contribution in [3.63, 3.8) is 0 Å². The number of hydrogen-bond donors (Lipinski definition) is 2. The van der Waals surface area contributed by atoms with E-state index in [4.69, 9.17) is 0 Å². The summed E-state index contributed by atoms with van der Waals surface area (Å²) in [6.07, 6.45) is -2.85. The maximum absolute atomic E-state index is 12.2. The molecule has 1 aliphatic carbocycles. The van der Waals surface area contributed by atoms with E-state index in [9.17, 15) is 22.8 Å². The Bertz CT molecular complexity index is 815. The summed E-state index contributed by atoms with van der Waals surface area (Å²) in [5, 5.41) is 5.46. The van der Waals surface area contributed by atoms with Gasteiger partial charge < -0.3 is 15.4 Å². The number of benzene rings is 2. The second-order valence-corrected chi connectivity index (χ2v) is 5.85. The quantitative estimate of drug-likeness (QED) is 0.850. The summed E-state index contributed by atoms with van der Waals surface area (Å²) in [5.74, 6) is -1.13. The predicted octanol–water partition coefficient (Wildman–Crippen LogP) is 3.73. The first-order chi connectivity index (χ1) is 12.3. The molecule has 136 valence electrons. The van der Waals surface area contributed by atoms with Crippen molar-refractivity contribution >= 4 is 17.5 Å². The molecule has 1 fully saturated rings. The molecule has 26 heavy (non-hydrogen) atoms. The number of anilines is 1. The molecule has 2 aromatic rings. The van der Waals surface area contributed by atoms with Gasteiger partial charge in [-0.15, -0.1) is 13.2 Å². The molecule has 0 radical (unpaired) electrons. The highest BCUT2D eigenvalue weighted by Gasteiger charge is 2.31. The molecule has 5 nitrogen and oxygen atoms in total. The third-order valence-electron chi connectivity index (χ3n) is 3.65. The van der Waals surface area contributed by atoms with Crippen molar-refractivity contribution < 1.29 is 27.5 Å². The third kappa shape index (κ3) is 4.98. The van der Waals surface area contributed by atoms with Crippen LogP contribution in [0.4, 0.5) is 18.9 Å². The Balaban J connectivity index is 1.64. The smallest absolute Gasteiger partial charge is 0.406 e. The van der Waals surface area contributed by atoms with Crippen LogP contribution in [0.5, 0.6) is 5.75 Å². The monoisotopic (exact) mass is 364 g/mol. The number of hydrogen-bond acceptors (Lipinski definition) is 3. The van der Waals surface area contributed by atoms with Gasteiger partial charge in [0.05, 0.1) is 0 Å². The normalized spacial score (nSPS) is 13.8. The van der Waals surface area contributed by atoms with Crippen LogP contribution < -0.4 is 15.4 Å². The Hall–Kier alpha value is -3.03. The van der Waals surface area contributed by atoms with Crippen LogP contribution >= 0.6 is 0 Å². The average Bonchev–Trinajstić information content (AvgIpc) is 3.38. The molecule has 0 saturated heterocycles. The van der Waals surface area contributed by atoms with Crippen molar-refractivity contribution in [2.24, 2.45) is 0 Å². The summed E-state index contributed by atoms with van der Waals surface area (Å²) in [5.41, 5.74) is 0.991. The maximum Gasteiger partial charge on any atom is 0.573 e. The van der Waals surface area contributed by atoms with Crippen molar-refractivity contribution in [1.29, 1.82) is 0 Å². The van der Waals surface area contributed by atoms with E-state index >= 15 is 0 Å². The van der Waals surface area contributed by atoms with E-state index in [2.05, 4.69) is 15.4 Å². The molecule has 0 atom stereocenters. The molecule has 0 aliphatic heterocycles. The van der Waals surface area contributed by atoms with Gasteiger partial charge in [-0.05, 0) is 55.3 Å². The highest BCUT2D eigenvalue weighted by Crippen LogP contribution is 2.23. The van der Waals surface area contributed by atoms with Crippen LogP contribution in [-0.4, -0.2) is 24.2 Å². The zero-order valence-electron chi connectivity index (χ0n) is 13.5. The van der Waals surface area contributed by atoms with Gasteiger partial charge in [0.1, 0.15) is 5.75 Å². The van der Waals surface area contributed by atoms with Gasteiger partial charge in [-0.25, -0.2) is 0 Å². The van der Waals surface area contributed by atoms with Gasteiger partial charge >= 0.3 is 6.36 Å². The number of carbonyl (C=O) groups excluding carboxylic acids is 2. The summed E-state index contributed by atoms with van der Waals surface area (Å²) in [6.45, 7) is 0. The zero-order valence-corrected chi connectivity index (χ0v) is 13.5. The first-order valence-electron chi connectivity index (χ1n) is 7.88.